The largest absolute Gasteiger partial charge is 0.350 e. The number of rotatable bonds is 4. The fourth-order valence-electron chi connectivity index (χ4n) is 1.48. The highest BCUT2D eigenvalue weighted by atomic mass is 35.5. The molecule has 98 valence electrons. The fourth-order valence-corrected chi connectivity index (χ4v) is 1.55. The van der Waals surface area contributed by atoms with Crippen molar-refractivity contribution in [3.63, 3.8) is 0 Å². The number of aryl methyl sites for hydroxylation is 1. The molecule has 0 aliphatic carbocycles. The smallest absolute Gasteiger partial charge is 0.251 e. The molecular weight excluding hydrogens is 252 g/mol. The summed E-state index contributed by atoms with van der Waals surface area (Å²) in [5, 5.41) is 5.43. The molecule has 0 spiro atoms. The highest BCUT2D eigenvalue weighted by Crippen LogP contribution is 2.15. The van der Waals surface area contributed by atoms with E-state index in [9.17, 15) is 9.59 Å². The zero-order valence-corrected chi connectivity index (χ0v) is 11.5. The lowest BCUT2D eigenvalue weighted by molar-refractivity contribution is -0.113. The molecule has 0 unspecified atom stereocenters. The van der Waals surface area contributed by atoms with Crippen LogP contribution in [0.15, 0.2) is 18.2 Å². The van der Waals surface area contributed by atoms with Crippen LogP contribution in [0.25, 0.3) is 0 Å². The third-order valence-corrected chi connectivity index (χ3v) is 2.55. The number of amides is 2. The topological polar surface area (TPSA) is 58.2 Å². The van der Waals surface area contributed by atoms with E-state index in [-0.39, 0.29) is 23.7 Å². The monoisotopic (exact) mass is 268 g/mol. The molecule has 0 bridgehead atoms. The number of alkyl halides is 1. The Labute approximate surface area is 112 Å². The summed E-state index contributed by atoms with van der Waals surface area (Å²) in [5.74, 6) is -0.554. The van der Waals surface area contributed by atoms with E-state index in [1.54, 1.807) is 18.2 Å². The Balaban J connectivity index is 2.94. The molecule has 0 radical (unpaired) electrons. The zero-order chi connectivity index (χ0) is 13.7. The predicted molar refractivity (Wildman–Crippen MR) is 73.1 cm³/mol. The molecule has 1 rings (SSSR count). The van der Waals surface area contributed by atoms with Gasteiger partial charge in [0.05, 0.1) is 0 Å². The lowest BCUT2D eigenvalue weighted by atomic mass is 10.1. The average Bonchev–Trinajstić information content (AvgIpc) is 2.30. The van der Waals surface area contributed by atoms with Gasteiger partial charge in [0.2, 0.25) is 5.91 Å². The van der Waals surface area contributed by atoms with Crippen molar-refractivity contribution in [2.75, 3.05) is 11.2 Å². The van der Waals surface area contributed by atoms with Gasteiger partial charge in [0.15, 0.2) is 0 Å². The zero-order valence-electron chi connectivity index (χ0n) is 10.7. The van der Waals surface area contributed by atoms with Crippen LogP contribution in [0, 0.1) is 6.92 Å². The van der Waals surface area contributed by atoms with E-state index >= 15 is 0 Å². The summed E-state index contributed by atoms with van der Waals surface area (Å²) in [6, 6.07) is 5.25. The highest BCUT2D eigenvalue weighted by molar-refractivity contribution is 6.29. The number of anilines is 1. The van der Waals surface area contributed by atoms with Gasteiger partial charge >= 0.3 is 0 Å². The van der Waals surface area contributed by atoms with E-state index in [2.05, 4.69) is 10.6 Å². The van der Waals surface area contributed by atoms with Gasteiger partial charge in [0.25, 0.3) is 5.91 Å². The van der Waals surface area contributed by atoms with Crippen molar-refractivity contribution in [2.24, 2.45) is 0 Å². The van der Waals surface area contributed by atoms with Gasteiger partial charge < -0.3 is 10.6 Å². The molecule has 0 saturated carbocycles. The van der Waals surface area contributed by atoms with Crippen molar-refractivity contribution in [1.82, 2.24) is 5.32 Å². The predicted octanol–water partition coefficient (Wildman–Crippen LogP) is 2.31. The number of carbonyl (C=O) groups excluding carboxylic acids is 2. The van der Waals surface area contributed by atoms with Crippen LogP contribution in [0.4, 0.5) is 5.69 Å². The van der Waals surface area contributed by atoms with Crippen LogP contribution in [0.2, 0.25) is 0 Å². The van der Waals surface area contributed by atoms with E-state index < -0.39 is 0 Å². The quantitative estimate of drug-likeness (QED) is 0.824. The van der Waals surface area contributed by atoms with Crippen LogP contribution >= 0.6 is 11.6 Å². The summed E-state index contributed by atoms with van der Waals surface area (Å²) in [6.07, 6.45) is 0. The number of nitrogens with one attached hydrogen (secondary N) is 2. The highest BCUT2D eigenvalue weighted by Gasteiger charge is 2.11. The molecule has 0 atom stereocenters. The van der Waals surface area contributed by atoms with E-state index in [4.69, 9.17) is 11.6 Å². The van der Waals surface area contributed by atoms with Crippen LogP contribution in [0.5, 0.6) is 0 Å². The van der Waals surface area contributed by atoms with Crippen molar-refractivity contribution in [3.8, 4) is 0 Å². The number of halogens is 1. The Morgan fingerprint density at radius 1 is 1.33 bits per heavy atom. The van der Waals surface area contributed by atoms with Crippen LogP contribution < -0.4 is 10.6 Å². The minimum Gasteiger partial charge on any atom is -0.350 e. The fraction of sp³-hybridized carbons (Fsp3) is 0.385. The first kappa shape index (κ1) is 14.5. The molecular formula is C13H17ClN2O2. The van der Waals surface area contributed by atoms with Gasteiger partial charge in [0.1, 0.15) is 5.88 Å². The Hall–Kier alpha value is -1.55. The molecule has 4 nitrogen and oxygen atoms in total. The van der Waals surface area contributed by atoms with Crippen molar-refractivity contribution >= 4 is 29.1 Å². The minimum atomic E-state index is -0.296. The third kappa shape index (κ3) is 4.04. The Morgan fingerprint density at radius 3 is 2.56 bits per heavy atom. The molecule has 0 aliphatic heterocycles. The van der Waals surface area contributed by atoms with Gasteiger partial charge in [-0.2, -0.15) is 0 Å². The second kappa shape index (κ2) is 6.40. The van der Waals surface area contributed by atoms with Crippen molar-refractivity contribution in [3.05, 3.63) is 29.3 Å². The summed E-state index contributed by atoms with van der Waals surface area (Å²) < 4.78 is 0. The molecule has 5 heteroatoms. The Bertz CT molecular complexity index is 458. The third-order valence-electron chi connectivity index (χ3n) is 2.31. The first-order valence-corrected chi connectivity index (χ1v) is 6.24. The first-order valence-electron chi connectivity index (χ1n) is 5.71. The van der Waals surface area contributed by atoms with Crippen LogP contribution in [0.3, 0.4) is 0 Å². The molecule has 1 aromatic rings. The normalized spacial score (nSPS) is 10.3. The maximum atomic E-state index is 11.9. The second-order valence-electron chi connectivity index (χ2n) is 4.34. The SMILES string of the molecule is Cc1ccc(NC(=O)CCl)cc1C(=O)NC(C)C. The lowest BCUT2D eigenvalue weighted by Gasteiger charge is -2.12. The van der Waals surface area contributed by atoms with Crippen molar-refractivity contribution in [2.45, 2.75) is 26.8 Å². The van der Waals surface area contributed by atoms with E-state index in [1.807, 2.05) is 20.8 Å². The standard InChI is InChI=1S/C13H17ClN2O2/c1-8(2)15-13(18)11-6-10(5-4-9(11)3)16-12(17)7-14/h4-6,8H,7H2,1-3H3,(H,15,18)(H,16,17). The molecule has 0 heterocycles. The lowest BCUT2D eigenvalue weighted by Crippen LogP contribution is -2.30. The number of carbonyl (C=O) groups is 2. The summed E-state index contributed by atoms with van der Waals surface area (Å²) >= 11 is 5.41. The first-order chi connectivity index (χ1) is 8.43. The van der Waals surface area contributed by atoms with E-state index in [0.717, 1.165) is 5.56 Å². The molecule has 0 aromatic heterocycles. The van der Waals surface area contributed by atoms with E-state index in [1.165, 1.54) is 0 Å². The number of hydrogen-bond acceptors (Lipinski definition) is 2. The summed E-state index contributed by atoms with van der Waals surface area (Å²) in [6.45, 7) is 5.64. The van der Waals surface area contributed by atoms with Crippen LogP contribution in [-0.4, -0.2) is 23.7 Å². The summed E-state index contributed by atoms with van der Waals surface area (Å²) in [4.78, 5) is 23.1. The minimum absolute atomic E-state index is 0.0676. The van der Waals surface area contributed by atoms with Crippen molar-refractivity contribution in [1.29, 1.82) is 0 Å². The summed E-state index contributed by atoms with van der Waals surface area (Å²) in [5.41, 5.74) is 1.98. The molecule has 2 amide bonds. The van der Waals surface area contributed by atoms with Crippen LogP contribution in [-0.2, 0) is 4.79 Å². The van der Waals surface area contributed by atoms with Crippen LogP contribution in [0.1, 0.15) is 29.8 Å². The van der Waals surface area contributed by atoms with Crippen molar-refractivity contribution < 1.29 is 9.59 Å². The van der Waals surface area contributed by atoms with Gasteiger partial charge in [-0.25, -0.2) is 0 Å². The van der Waals surface area contributed by atoms with Gasteiger partial charge in [-0.15, -0.1) is 11.6 Å². The second-order valence-corrected chi connectivity index (χ2v) is 4.61. The molecule has 0 fully saturated rings. The molecule has 1 aromatic carbocycles. The average molecular weight is 269 g/mol. The number of benzene rings is 1. The van der Waals surface area contributed by atoms with E-state index in [0.29, 0.717) is 11.3 Å². The molecule has 0 saturated heterocycles. The maximum absolute atomic E-state index is 11.9. The molecule has 2 N–H and O–H groups in total. The van der Waals surface area contributed by atoms with Gasteiger partial charge in [-0.3, -0.25) is 9.59 Å². The van der Waals surface area contributed by atoms with Gasteiger partial charge in [-0.05, 0) is 38.5 Å². The number of hydrogen-bond donors (Lipinski definition) is 2. The molecule has 18 heavy (non-hydrogen) atoms. The van der Waals surface area contributed by atoms with Gasteiger partial charge in [0, 0.05) is 17.3 Å². The molecule has 0 aliphatic rings. The summed E-state index contributed by atoms with van der Waals surface area (Å²) in [7, 11) is 0. The van der Waals surface area contributed by atoms with Gasteiger partial charge in [-0.1, -0.05) is 6.07 Å². The maximum Gasteiger partial charge on any atom is 0.251 e. The Kier molecular flexibility index (Phi) is 5.16. The Morgan fingerprint density at radius 2 is 2.00 bits per heavy atom.